The van der Waals surface area contributed by atoms with Crippen molar-refractivity contribution in [2.75, 3.05) is 30.8 Å². The molecule has 1 unspecified atom stereocenters. The van der Waals surface area contributed by atoms with Crippen molar-refractivity contribution in [1.82, 2.24) is 9.78 Å². The van der Waals surface area contributed by atoms with Gasteiger partial charge >= 0.3 is 11.9 Å². The molecule has 116 valence electrons. The third-order valence-corrected chi connectivity index (χ3v) is 3.73. The fourth-order valence-electron chi connectivity index (χ4n) is 2.59. The first kappa shape index (κ1) is 15.1. The molecule has 0 spiro atoms. The molecule has 1 fully saturated rings. The number of carboxylic acid groups (broad SMARTS) is 1. The molecule has 0 amide bonds. The molecule has 3 N–H and O–H groups in total. The van der Waals surface area contributed by atoms with Crippen molar-refractivity contribution in [3.63, 3.8) is 0 Å². The van der Waals surface area contributed by atoms with Crippen molar-refractivity contribution in [2.24, 2.45) is 5.92 Å². The fraction of sp³-hybridized carbons (Fsp3) is 0.615. The van der Waals surface area contributed by atoms with Crippen LogP contribution in [0.25, 0.3) is 0 Å². The number of hydrogen-bond donors (Lipinski definition) is 2. The molecule has 1 saturated heterocycles. The Balaban J connectivity index is 2.38. The molecule has 8 nitrogen and oxygen atoms in total. The predicted octanol–water partition coefficient (Wildman–Crippen LogP) is 0.573. The molecule has 0 saturated carbocycles. The number of nitrogen functional groups attached to an aromatic ring is 1. The highest BCUT2D eigenvalue weighted by Gasteiger charge is 2.31. The summed E-state index contributed by atoms with van der Waals surface area (Å²) in [4.78, 5) is 24.9. The van der Waals surface area contributed by atoms with Crippen LogP contribution in [0.3, 0.4) is 0 Å². The number of aryl methyl sites for hydroxylation is 1. The molecule has 0 radical (unpaired) electrons. The van der Waals surface area contributed by atoms with Crippen molar-refractivity contribution >= 4 is 23.6 Å². The molecule has 1 aromatic rings. The van der Waals surface area contributed by atoms with Gasteiger partial charge in [-0.3, -0.25) is 4.79 Å². The SMILES string of the molecule is CCn1nc(N2CCCC(C(=O)O)C2)c(C(=O)OC)c1N. The number of methoxy groups -OCH3 is 1. The van der Waals surface area contributed by atoms with E-state index in [1.54, 1.807) is 4.90 Å². The smallest absolute Gasteiger partial charge is 0.345 e. The van der Waals surface area contributed by atoms with Crippen LogP contribution in [0.1, 0.15) is 30.1 Å². The van der Waals surface area contributed by atoms with Crippen LogP contribution in [0.2, 0.25) is 0 Å². The first-order chi connectivity index (χ1) is 9.99. The number of carboxylic acids is 1. The van der Waals surface area contributed by atoms with Gasteiger partial charge in [0.2, 0.25) is 0 Å². The molecule has 1 atom stereocenters. The minimum atomic E-state index is -0.831. The summed E-state index contributed by atoms with van der Waals surface area (Å²) in [7, 11) is 1.28. The number of rotatable bonds is 4. The summed E-state index contributed by atoms with van der Waals surface area (Å²) in [6.07, 6.45) is 1.36. The molecule has 2 rings (SSSR count). The minimum Gasteiger partial charge on any atom is -0.481 e. The van der Waals surface area contributed by atoms with Crippen molar-refractivity contribution in [3.05, 3.63) is 5.56 Å². The summed E-state index contributed by atoms with van der Waals surface area (Å²) in [6, 6.07) is 0. The number of carbonyl (C=O) groups is 2. The van der Waals surface area contributed by atoms with Gasteiger partial charge in [0.1, 0.15) is 11.4 Å². The van der Waals surface area contributed by atoms with Crippen LogP contribution in [-0.4, -0.2) is 47.0 Å². The number of anilines is 2. The fourth-order valence-corrected chi connectivity index (χ4v) is 2.59. The van der Waals surface area contributed by atoms with Gasteiger partial charge in [0.05, 0.1) is 13.0 Å². The number of carbonyl (C=O) groups excluding carboxylic acids is 1. The van der Waals surface area contributed by atoms with E-state index in [2.05, 4.69) is 5.10 Å². The molecule has 1 aliphatic rings. The number of nitrogens with zero attached hydrogens (tertiary/aromatic N) is 3. The molecule has 0 aromatic carbocycles. The lowest BCUT2D eigenvalue weighted by atomic mass is 9.98. The van der Waals surface area contributed by atoms with Crippen LogP contribution in [-0.2, 0) is 16.1 Å². The van der Waals surface area contributed by atoms with E-state index in [1.807, 2.05) is 6.92 Å². The van der Waals surface area contributed by atoms with Crippen molar-refractivity contribution in [3.8, 4) is 0 Å². The van der Waals surface area contributed by atoms with Crippen molar-refractivity contribution in [2.45, 2.75) is 26.3 Å². The number of piperidine rings is 1. The normalized spacial score (nSPS) is 18.6. The van der Waals surface area contributed by atoms with E-state index in [0.29, 0.717) is 31.9 Å². The number of esters is 1. The highest BCUT2D eigenvalue weighted by molar-refractivity contribution is 5.99. The molecule has 0 aliphatic carbocycles. The van der Waals surface area contributed by atoms with Crippen LogP contribution in [0.15, 0.2) is 0 Å². The number of ether oxygens (including phenoxy) is 1. The molecule has 8 heteroatoms. The van der Waals surface area contributed by atoms with Gasteiger partial charge in [-0.2, -0.15) is 5.10 Å². The van der Waals surface area contributed by atoms with E-state index in [4.69, 9.17) is 15.6 Å². The monoisotopic (exact) mass is 296 g/mol. The lowest BCUT2D eigenvalue weighted by Gasteiger charge is -2.31. The van der Waals surface area contributed by atoms with Gasteiger partial charge < -0.3 is 20.5 Å². The maximum absolute atomic E-state index is 11.9. The summed E-state index contributed by atoms with van der Waals surface area (Å²) in [5.74, 6) is -1.19. The summed E-state index contributed by atoms with van der Waals surface area (Å²) >= 11 is 0. The van der Waals surface area contributed by atoms with Gasteiger partial charge in [0, 0.05) is 19.6 Å². The molecular weight excluding hydrogens is 276 g/mol. The van der Waals surface area contributed by atoms with E-state index in [0.717, 1.165) is 6.42 Å². The van der Waals surface area contributed by atoms with E-state index in [1.165, 1.54) is 11.8 Å². The Labute approximate surface area is 122 Å². The van der Waals surface area contributed by atoms with E-state index < -0.39 is 17.9 Å². The Morgan fingerprint density at radius 1 is 1.52 bits per heavy atom. The Bertz CT molecular complexity index is 555. The van der Waals surface area contributed by atoms with E-state index >= 15 is 0 Å². The Morgan fingerprint density at radius 2 is 2.24 bits per heavy atom. The van der Waals surface area contributed by atoms with E-state index in [9.17, 15) is 9.59 Å². The first-order valence-corrected chi connectivity index (χ1v) is 6.91. The maximum Gasteiger partial charge on any atom is 0.345 e. The predicted molar refractivity (Wildman–Crippen MR) is 76.2 cm³/mol. The zero-order chi connectivity index (χ0) is 15.6. The lowest BCUT2D eigenvalue weighted by Crippen LogP contribution is -2.39. The number of aliphatic carboxylic acids is 1. The molecule has 2 heterocycles. The second kappa shape index (κ2) is 6.02. The van der Waals surface area contributed by atoms with Gasteiger partial charge in [-0.25, -0.2) is 9.48 Å². The Morgan fingerprint density at radius 3 is 2.81 bits per heavy atom. The summed E-state index contributed by atoms with van der Waals surface area (Å²) in [6.45, 7) is 3.35. The zero-order valence-electron chi connectivity index (χ0n) is 12.2. The zero-order valence-corrected chi connectivity index (χ0v) is 12.2. The molecule has 1 aliphatic heterocycles. The van der Waals surface area contributed by atoms with Crippen LogP contribution in [0, 0.1) is 5.92 Å². The molecule has 0 bridgehead atoms. The van der Waals surface area contributed by atoms with Gasteiger partial charge in [-0.05, 0) is 19.8 Å². The number of hydrogen-bond acceptors (Lipinski definition) is 6. The van der Waals surface area contributed by atoms with Gasteiger partial charge in [0.25, 0.3) is 0 Å². The highest BCUT2D eigenvalue weighted by Crippen LogP contribution is 2.29. The summed E-state index contributed by atoms with van der Waals surface area (Å²) < 4.78 is 6.29. The largest absolute Gasteiger partial charge is 0.481 e. The van der Waals surface area contributed by atoms with Gasteiger partial charge in [-0.15, -0.1) is 0 Å². The number of aromatic nitrogens is 2. The maximum atomic E-state index is 11.9. The van der Waals surface area contributed by atoms with Crippen molar-refractivity contribution in [1.29, 1.82) is 0 Å². The average molecular weight is 296 g/mol. The van der Waals surface area contributed by atoms with Gasteiger partial charge in [0.15, 0.2) is 5.82 Å². The molecule has 1 aromatic heterocycles. The summed E-state index contributed by atoms with van der Waals surface area (Å²) in [5, 5.41) is 13.5. The summed E-state index contributed by atoms with van der Waals surface area (Å²) in [5.41, 5.74) is 6.16. The van der Waals surface area contributed by atoms with Crippen LogP contribution in [0.5, 0.6) is 0 Å². The van der Waals surface area contributed by atoms with Crippen molar-refractivity contribution < 1.29 is 19.4 Å². The second-order valence-electron chi connectivity index (χ2n) is 5.01. The number of nitrogens with two attached hydrogens (primary N) is 1. The lowest BCUT2D eigenvalue weighted by molar-refractivity contribution is -0.141. The van der Waals surface area contributed by atoms with Gasteiger partial charge in [-0.1, -0.05) is 0 Å². The third-order valence-electron chi connectivity index (χ3n) is 3.73. The highest BCUT2D eigenvalue weighted by atomic mass is 16.5. The quantitative estimate of drug-likeness (QED) is 0.781. The second-order valence-corrected chi connectivity index (χ2v) is 5.01. The molecular formula is C13H20N4O4. The first-order valence-electron chi connectivity index (χ1n) is 6.91. The topological polar surface area (TPSA) is 111 Å². The Kier molecular flexibility index (Phi) is 4.35. The minimum absolute atomic E-state index is 0.213. The standard InChI is InChI=1S/C13H20N4O4/c1-3-17-10(14)9(13(20)21-2)11(15-17)16-6-4-5-8(7-16)12(18)19/h8H,3-7,14H2,1-2H3,(H,18,19). The third kappa shape index (κ3) is 2.79. The average Bonchev–Trinajstić information content (AvgIpc) is 2.83. The van der Waals surface area contributed by atoms with Crippen LogP contribution < -0.4 is 10.6 Å². The van der Waals surface area contributed by atoms with E-state index in [-0.39, 0.29) is 11.4 Å². The van der Waals surface area contributed by atoms with Crippen LogP contribution in [0.4, 0.5) is 11.6 Å². The Hall–Kier alpha value is -2.25. The molecule has 21 heavy (non-hydrogen) atoms. The van der Waals surface area contributed by atoms with Crippen LogP contribution >= 0.6 is 0 Å².